The average Bonchev–Trinajstić information content (AvgIpc) is 3.21. The van der Waals surface area contributed by atoms with Crippen LogP contribution in [0.5, 0.6) is 11.5 Å². The maximum atomic E-state index is 12.6. The topological polar surface area (TPSA) is 65.4 Å². The zero-order valence-electron chi connectivity index (χ0n) is 14.4. The summed E-state index contributed by atoms with van der Waals surface area (Å²) in [7, 11) is 3.15. The summed E-state index contributed by atoms with van der Waals surface area (Å²) in [5, 5.41) is 7.41. The predicted octanol–water partition coefficient (Wildman–Crippen LogP) is 3.47. The third-order valence-corrected chi connectivity index (χ3v) is 4.19. The van der Waals surface area contributed by atoms with E-state index in [0.717, 1.165) is 11.3 Å². The number of methoxy groups -OCH3 is 2. The first-order chi connectivity index (χ1) is 12.6. The largest absolute Gasteiger partial charge is 0.493 e. The standard InChI is InChI=1S/C19H18ClN3O3/c1-25-17-7-4-13(10-18(17)26-2)12-21-19(24)15-11-14(5-6-16(15)20)23-9-3-8-22-23/h3-11H,12H2,1-2H3,(H,21,24). The minimum atomic E-state index is -0.265. The summed E-state index contributed by atoms with van der Waals surface area (Å²) in [6, 6.07) is 12.5. The molecule has 2 aromatic carbocycles. The Labute approximate surface area is 156 Å². The Morgan fingerprint density at radius 3 is 2.65 bits per heavy atom. The molecule has 0 spiro atoms. The van der Waals surface area contributed by atoms with Gasteiger partial charge in [0.15, 0.2) is 11.5 Å². The lowest BCUT2D eigenvalue weighted by molar-refractivity contribution is 0.0951. The molecule has 7 heteroatoms. The third-order valence-electron chi connectivity index (χ3n) is 3.86. The summed E-state index contributed by atoms with van der Waals surface area (Å²) in [4.78, 5) is 12.6. The molecule has 6 nitrogen and oxygen atoms in total. The van der Waals surface area contributed by atoms with E-state index >= 15 is 0 Å². The van der Waals surface area contributed by atoms with Crippen LogP contribution in [0.3, 0.4) is 0 Å². The summed E-state index contributed by atoms with van der Waals surface area (Å²) in [5.74, 6) is 0.981. The fraction of sp³-hybridized carbons (Fsp3) is 0.158. The first kappa shape index (κ1) is 17.8. The fourth-order valence-electron chi connectivity index (χ4n) is 2.52. The number of carbonyl (C=O) groups excluding carboxylic acids is 1. The number of ether oxygens (including phenoxy) is 2. The lowest BCUT2D eigenvalue weighted by Crippen LogP contribution is -2.23. The molecule has 3 rings (SSSR count). The van der Waals surface area contributed by atoms with Crippen LogP contribution in [0.1, 0.15) is 15.9 Å². The maximum Gasteiger partial charge on any atom is 0.253 e. The number of rotatable bonds is 6. The van der Waals surface area contributed by atoms with Gasteiger partial charge in [-0.15, -0.1) is 0 Å². The molecule has 0 aliphatic heterocycles. The molecule has 1 aromatic heterocycles. The molecule has 0 aliphatic carbocycles. The van der Waals surface area contributed by atoms with Crippen LogP contribution in [0.4, 0.5) is 0 Å². The third kappa shape index (κ3) is 3.81. The molecule has 0 aliphatic rings. The molecule has 0 unspecified atom stereocenters. The van der Waals surface area contributed by atoms with Crippen LogP contribution in [0.15, 0.2) is 54.9 Å². The fourth-order valence-corrected chi connectivity index (χ4v) is 2.72. The van der Waals surface area contributed by atoms with Crippen LogP contribution >= 0.6 is 11.6 Å². The molecule has 0 atom stereocenters. The van der Waals surface area contributed by atoms with Crippen LogP contribution in [0.2, 0.25) is 5.02 Å². The van der Waals surface area contributed by atoms with Gasteiger partial charge in [-0.1, -0.05) is 17.7 Å². The molecule has 26 heavy (non-hydrogen) atoms. The summed E-state index contributed by atoms with van der Waals surface area (Å²) in [6.45, 7) is 0.335. The van der Waals surface area contributed by atoms with E-state index in [1.165, 1.54) is 0 Å². The highest BCUT2D eigenvalue weighted by Crippen LogP contribution is 2.27. The van der Waals surface area contributed by atoms with Crippen LogP contribution in [-0.4, -0.2) is 29.9 Å². The van der Waals surface area contributed by atoms with Crippen molar-refractivity contribution >= 4 is 17.5 Å². The number of nitrogens with one attached hydrogen (secondary N) is 1. The molecular formula is C19H18ClN3O3. The van der Waals surface area contributed by atoms with Crippen molar-refractivity contribution in [1.82, 2.24) is 15.1 Å². The summed E-state index contributed by atoms with van der Waals surface area (Å²) >= 11 is 6.19. The predicted molar refractivity (Wildman–Crippen MR) is 99.3 cm³/mol. The van der Waals surface area contributed by atoms with E-state index < -0.39 is 0 Å². The number of benzene rings is 2. The van der Waals surface area contributed by atoms with Gasteiger partial charge in [-0.25, -0.2) is 4.68 Å². The van der Waals surface area contributed by atoms with Gasteiger partial charge < -0.3 is 14.8 Å². The second-order valence-electron chi connectivity index (χ2n) is 5.49. The van der Waals surface area contributed by atoms with Crippen molar-refractivity contribution in [2.24, 2.45) is 0 Å². The van der Waals surface area contributed by atoms with E-state index in [9.17, 15) is 4.79 Å². The monoisotopic (exact) mass is 371 g/mol. The Hall–Kier alpha value is -2.99. The lowest BCUT2D eigenvalue weighted by atomic mass is 10.1. The maximum absolute atomic E-state index is 12.6. The first-order valence-electron chi connectivity index (χ1n) is 7.91. The van der Waals surface area contributed by atoms with Crippen LogP contribution < -0.4 is 14.8 Å². The minimum Gasteiger partial charge on any atom is -0.493 e. The van der Waals surface area contributed by atoms with E-state index in [-0.39, 0.29) is 5.91 Å². The average molecular weight is 372 g/mol. The van der Waals surface area contributed by atoms with Crippen molar-refractivity contribution in [2.45, 2.75) is 6.54 Å². The Balaban J connectivity index is 1.75. The van der Waals surface area contributed by atoms with E-state index in [1.807, 2.05) is 18.2 Å². The zero-order chi connectivity index (χ0) is 18.5. The smallest absolute Gasteiger partial charge is 0.253 e. The van der Waals surface area contributed by atoms with E-state index in [2.05, 4.69) is 10.4 Å². The normalized spacial score (nSPS) is 10.4. The van der Waals surface area contributed by atoms with Gasteiger partial charge in [0.25, 0.3) is 5.91 Å². The lowest BCUT2D eigenvalue weighted by Gasteiger charge is -2.11. The van der Waals surface area contributed by atoms with Crippen molar-refractivity contribution in [1.29, 1.82) is 0 Å². The molecule has 1 N–H and O–H groups in total. The Bertz CT molecular complexity index is 910. The quantitative estimate of drug-likeness (QED) is 0.720. The Morgan fingerprint density at radius 2 is 1.96 bits per heavy atom. The van der Waals surface area contributed by atoms with Crippen LogP contribution in [-0.2, 0) is 6.54 Å². The van der Waals surface area contributed by atoms with Gasteiger partial charge in [0.2, 0.25) is 0 Å². The number of amides is 1. The van der Waals surface area contributed by atoms with Gasteiger partial charge in [-0.2, -0.15) is 5.10 Å². The molecular weight excluding hydrogens is 354 g/mol. The summed E-state index contributed by atoms with van der Waals surface area (Å²) in [6.07, 6.45) is 3.47. The second kappa shape index (κ2) is 7.93. The van der Waals surface area contributed by atoms with Gasteiger partial charge in [0.1, 0.15) is 0 Å². The van der Waals surface area contributed by atoms with Crippen molar-refractivity contribution < 1.29 is 14.3 Å². The molecule has 3 aromatic rings. The molecule has 0 saturated heterocycles. The number of hydrogen-bond donors (Lipinski definition) is 1. The summed E-state index contributed by atoms with van der Waals surface area (Å²) < 4.78 is 12.2. The molecule has 1 amide bonds. The van der Waals surface area contributed by atoms with Crippen molar-refractivity contribution in [3.05, 3.63) is 71.0 Å². The number of hydrogen-bond acceptors (Lipinski definition) is 4. The van der Waals surface area contributed by atoms with Crippen molar-refractivity contribution in [3.63, 3.8) is 0 Å². The molecule has 0 fully saturated rings. The van der Waals surface area contributed by atoms with E-state index in [4.69, 9.17) is 21.1 Å². The number of aromatic nitrogens is 2. The first-order valence-corrected chi connectivity index (χ1v) is 8.29. The highest BCUT2D eigenvalue weighted by atomic mass is 35.5. The molecule has 0 radical (unpaired) electrons. The Kier molecular flexibility index (Phi) is 5.43. The number of nitrogens with zero attached hydrogens (tertiary/aromatic N) is 2. The Morgan fingerprint density at radius 1 is 1.15 bits per heavy atom. The molecule has 1 heterocycles. The van der Waals surface area contributed by atoms with Crippen LogP contribution in [0.25, 0.3) is 5.69 Å². The van der Waals surface area contributed by atoms with E-state index in [1.54, 1.807) is 55.6 Å². The summed E-state index contributed by atoms with van der Waals surface area (Å²) in [5.41, 5.74) is 2.03. The van der Waals surface area contributed by atoms with Crippen molar-refractivity contribution in [2.75, 3.05) is 14.2 Å². The molecule has 0 saturated carbocycles. The van der Waals surface area contributed by atoms with Gasteiger partial charge >= 0.3 is 0 Å². The zero-order valence-corrected chi connectivity index (χ0v) is 15.2. The van der Waals surface area contributed by atoms with Gasteiger partial charge in [-0.3, -0.25) is 4.79 Å². The van der Waals surface area contributed by atoms with Crippen LogP contribution in [0, 0.1) is 0 Å². The van der Waals surface area contributed by atoms with Gasteiger partial charge in [0, 0.05) is 18.9 Å². The van der Waals surface area contributed by atoms with Gasteiger partial charge in [-0.05, 0) is 42.0 Å². The SMILES string of the molecule is COc1ccc(CNC(=O)c2cc(-n3cccn3)ccc2Cl)cc1OC. The number of halogens is 1. The highest BCUT2D eigenvalue weighted by molar-refractivity contribution is 6.33. The molecule has 134 valence electrons. The number of carbonyl (C=O) groups is 1. The highest BCUT2D eigenvalue weighted by Gasteiger charge is 2.13. The van der Waals surface area contributed by atoms with Gasteiger partial charge in [0.05, 0.1) is 30.5 Å². The van der Waals surface area contributed by atoms with Crippen molar-refractivity contribution in [3.8, 4) is 17.2 Å². The molecule has 0 bridgehead atoms. The minimum absolute atomic E-state index is 0.265. The van der Waals surface area contributed by atoms with E-state index in [0.29, 0.717) is 28.6 Å². The second-order valence-corrected chi connectivity index (χ2v) is 5.89.